The van der Waals surface area contributed by atoms with Gasteiger partial charge in [-0.1, -0.05) is 57.2 Å². The number of rotatable bonds is 7. The predicted octanol–water partition coefficient (Wildman–Crippen LogP) is 2.86. The second-order valence-electron chi connectivity index (χ2n) is 8.74. The summed E-state index contributed by atoms with van der Waals surface area (Å²) < 4.78 is 5.65. The minimum atomic E-state index is -0.0942. The van der Waals surface area contributed by atoms with Crippen LogP contribution in [0.2, 0.25) is 0 Å². The molecule has 150 valence electrons. The zero-order chi connectivity index (χ0) is 20.0. The molecule has 4 nitrogen and oxygen atoms in total. The normalized spacial score (nSPS) is 14.8. The molecule has 4 heteroatoms. The maximum Gasteiger partial charge on any atom is 0.258 e. The van der Waals surface area contributed by atoms with Crippen molar-refractivity contribution in [2.24, 2.45) is 0 Å². The first-order valence-corrected chi connectivity index (χ1v) is 10.3. The molecule has 0 saturated carbocycles. The van der Waals surface area contributed by atoms with Crippen LogP contribution in [0.3, 0.4) is 0 Å². The van der Waals surface area contributed by atoms with Gasteiger partial charge in [-0.05, 0) is 28.7 Å². The average Bonchev–Trinajstić information content (AvgIpc) is 3.18. The van der Waals surface area contributed by atoms with E-state index in [1.807, 2.05) is 18.2 Å². The largest absolute Gasteiger partial charge is 0.484 e. The number of amides is 1. The molecule has 2 N–H and O–H groups in total. The summed E-state index contributed by atoms with van der Waals surface area (Å²) in [6, 6.07) is 16.4. The Balaban J connectivity index is 1.48. The highest BCUT2D eigenvalue weighted by Crippen LogP contribution is 2.24. The van der Waals surface area contributed by atoms with Crippen molar-refractivity contribution in [1.29, 1.82) is 0 Å². The summed E-state index contributed by atoms with van der Waals surface area (Å²) in [6.07, 6.45) is 2.64. The number of hydrogen-bond acceptors (Lipinski definition) is 2. The van der Waals surface area contributed by atoms with Crippen LogP contribution in [0, 0.1) is 0 Å². The molecule has 0 spiro atoms. The molecule has 0 atom stereocenters. The van der Waals surface area contributed by atoms with Crippen LogP contribution in [0.5, 0.6) is 5.75 Å². The molecule has 0 aliphatic carbocycles. The molecule has 1 fully saturated rings. The van der Waals surface area contributed by atoms with Gasteiger partial charge in [0.2, 0.25) is 0 Å². The third-order valence-corrected chi connectivity index (χ3v) is 5.44. The molecule has 0 bridgehead atoms. The fourth-order valence-electron chi connectivity index (χ4n) is 3.67. The van der Waals surface area contributed by atoms with E-state index < -0.39 is 0 Å². The maximum atomic E-state index is 12.2. The molecular formula is C24H33N2O2+. The minimum absolute atomic E-state index is 0.0361. The molecule has 1 aliphatic rings. The first-order valence-electron chi connectivity index (χ1n) is 10.3. The topological polar surface area (TPSA) is 42.8 Å². The van der Waals surface area contributed by atoms with E-state index in [-0.39, 0.29) is 17.9 Å². The summed E-state index contributed by atoms with van der Waals surface area (Å²) in [5, 5.41) is 3.00. The van der Waals surface area contributed by atoms with Crippen LogP contribution in [0.15, 0.2) is 48.5 Å². The monoisotopic (exact) mass is 381 g/mol. The Morgan fingerprint density at radius 3 is 2.29 bits per heavy atom. The summed E-state index contributed by atoms with van der Waals surface area (Å²) in [5.74, 6) is 0.629. The van der Waals surface area contributed by atoms with Crippen LogP contribution in [-0.4, -0.2) is 25.6 Å². The summed E-state index contributed by atoms with van der Waals surface area (Å²) >= 11 is 0. The first kappa shape index (κ1) is 20.4. The SMILES string of the molecule is CC(C)(C)c1ccc(OCC(=O)NCc2ccccc2C[NH+]2CCCC2)cc1. The Kier molecular flexibility index (Phi) is 6.74. The van der Waals surface area contributed by atoms with Gasteiger partial charge in [0.05, 0.1) is 13.1 Å². The van der Waals surface area contributed by atoms with E-state index in [4.69, 9.17) is 4.74 Å². The number of nitrogens with one attached hydrogen (secondary N) is 2. The van der Waals surface area contributed by atoms with Crippen LogP contribution in [0.1, 0.15) is 50.3 Å². The average molecular weight is 382 g/mol. The van der Waals surface area contributed by atoms with Crippen molar-refractivity contribution in [2.45, 2.75) is 52.1 Å². The Bertz CT molecular complexity index is 772. The Morgan fingerprint density at radius 1 is 1.00 bits per heavy atom. The van der Waals surface area contributed by atoms with Crippen molar-refractivity contribution in [3.8, 4) is 5.75 Å². The minimum Gasteiger partial charge on any atom is -0.484 e. The van der Waals surface area contributed by atoms with Crippen LogP contribution in [0.4, 0.5) is 0 Å². The molecule has 1 heterocycles. The lowest BCUT2D eigenvalue weighted by molar-refractivity contribution is -0.901. The number of ether oxygens (including phenoxy) is 1. The van der Waals surface area contributed by atoms with E-state index in [0.29, 0.717) is 6.54 Å². The highest BCUT2D eigenvalue weighted by Gasteiger charge is 2.17. The molecule has 1 saturated heterocycles. The molecule has 28 heavy (non-hydrogen) atoms. The van der Waals surface area contributed by atoms with Crippen molar-refractivity contribution < 1.29 is 14.4 Å². The standard InChI is InChI=1S/C24H32N2O2/c1-24(2,3)21-10-12-22(13-11-21)28-18-23(27)25-16-19-8-4-5-9-20(19)17-26-14-6-7-15-26/h4-5,8-13H,6-7,14-18H2,1-3H3,(H,25,27)/p+1. The van der Waals surface area contributed by atoms with Crippen LogP contribution in [0.25, 0.3) is 0 Å². The summed E-state index contributed by atoms with van der Waals surface area (Å²) in [5.41, 5.74) is 3.89. The quantitative estimate of drug-likeness (QED) is 0.775. The zero-order valence-corrected chi connectivity index (χ0v) is 17.4. The summed E-state index contributed by atoms with van der Waals surface area (Å²) in [6.45, 7) is 10.7. The van der Waals surface area contributed by atoms with Gasteiger partial charge in [0.25, 0.3) is 5.91 Å². The fourth-order valence-corrected chi connectivity index (χ4v) is 3.67. The van der Waals surface area contributed by atoms with Gasteiger partial charge in [0.15, 0.2) is 6.61 Å². The molecular weight excluding hydrogens is 348 g/mol. The number of hydrogen-bond donors (Lipinski definition) is 2. The van der Waals surface area contributed by atoms with Gasteiger partial charge in [0, 0.05) is 24.9 Å². The van der Waals surface area contributed by atoms with E-state index in [1.165, 1.54) is 42.6 Å². The molecule has 3 rings (SSSR count). The van der Waals surface area contributed by atoms with E-state index in [2.05, 4.69) is 56.4 Å². The van der Waals surface area contributed by atoms with Gasteiger partial charge >= 0.3 is 0 Å². The Labute approximate surface area is 168 Å². The number of benzene rings is 2. The molecule has 1 amide bonds. The summed E-state index contributed by atoms with van der Waals surface area (Å²) in [7, 11) is 0. The number of likely N-dealkylation sites (tertiary alicyclic amines) is 1. The maximum absolute atomic E-state index is 12.2. The van der Waals surface area contributed by atoms with E-state index >= 15 is 0 Å². The van der Waals surface area contributed by atoms with Crippen molar-refractivity contribution >= 4 is 5.91 Å². The fraction of sp³-hybridized carbons (Fsp3) is 0.458. The van der Waals surface area contributed by atoms with Gasteiger partial charge in [0.1, 0.15) is 12.3 Å². The van der Waals surface area contributed by atoms with E-state index in [1.54, 1.807) is 4.90 Å². The number of quaternary nitrogens is 1. The second kappa shape index (κ2) is 9.24. The Morgan fingerprint density at radius 2 is 1.64 bits per heavy atom. The van der Waals surface area contributed by atoms with Gasteiger partial charge in [-0.3, -0.25) is 4.79 Å². The third-order valence-electron chi connectivity index (χ3n) is 5.44. The smallest absolute Gasteiger partial charge is 0.258 e. The highest BCUT2D eigenvalue weighted by molar-refractivity contribution is 5.77. The zero-order valence-electron chi connectivity index (χ0n) is 17.4. The molecule has 0 aromatic heterocycles. The Hall–Kier alpha value is -2.33. The molecule has 2 aromatic carbocycles. The summed E-state index contributed by atoms with van der Waals surface area (Å²) in [4.78, 5) is 13.9. The third kappa shape index (κ3) is 5.83. The van der Waals surface area contributed by atoms with Gasteiger partial charge < -0.3 is 15.0 Å². The molecule has 0 radical (unpaired) electrons. The van der Waals surface area contributed by atoms with Gasteiger partial charge in [-0.25, -0.2) is 0 Å². The molecule has 1 aliphatic heterocycles. The van der Waals surface area contributed by atoms with Crippen molar-refractivity contribution in [3.63, 3.8) is 0 Å². The lowest BCUT2D eigenvalue weighted by Gasteiger charge is -2.19. The van der Waals surface area contributed by atoms with Crippen molar-refractivity contribution in [3.05, 3.63) is 65.2 Å². The van der Waals surface area contributed by atoms with E-state index in [0.717, 1.165) is 12.3 Å². The number of carbonyl (C=O) groups excluding carboxylic acids is 1. The van der Waals surface area contributed by atoms with Crippen LogP contribution in [-0.2, 0) is 23.3 Å². The molecule has 0 unspecified atom stereocenters. The second-order valence-corrected chi connectivity index (χ2v) is 8.74. The van der Waals surface area contributed by atoms with Crippen LogP contribution < -0.4 is 15.0 Å². The lowest BCUT2D eigenvalue weighted by Crippen LogP contribution is -3.08. The lowest BCUT2D eigenvalue weighted by atomic mass is 9.87. The first-order chi connectivity index (χ1) is 13.4. The molecule has 2 aromatic rings. The highest BCUT2D eigenvalue weighted by atomic mass is 16.5. The van der Waals surface area contributed by atoms with Crippen LogP contribution >= 0.6 is 0 Å². The van der Waals surface area contributed by atoms with Crippen molar-refractivity contribution in [2.75, 3.05) is 19.7 Å². The van der Waals surface area contributed by atoms with Gasteiger partial charge in [-0.15, -0.1) is 0 Å². The number of carbonyl (C=O) groups is 1. The van der Waals surface area contributed by atoms with Crippen molar-refractivity contribution in [1.82, 2.24) is 5.32 Å². The predicted molar refractivity (Wildman–Crippen MR) is 113 cm³/mol. The van der Waals surface area contributed by atoms with Gasteiger partial charge in [-0.2, -0.15) is 0 Å². The van der Waals surface area contributed by atoms with E-state index in [9.17, 15) is 4.79 Å².